The average molecular weight is 501 g/mol. The summed E-state index contributed by atoms with van der Waals surface area (Å²) in [7, 11) is 0. The Morgan fingerprint density at radius 2 is 1.97 bits per heavy atom. The molecule has 0 fully saturated rings. The summed E-state index contributed by atoms with van der Waals surface area (Å²) in [6.07, 6.45) is 6.71. The van der Waals surface area contributed by atoms with Crippen LogP contribution in [0.4, 0.5) is 0 Å². The van der Waals surface area contributed by atoms with Crippen LogP contribution >= 0.6 is 0 Å². The maximum absolute atomic E-state index is 13.6. The van der Waals surface area contributed by atoms with Gasteiger partial charge in [0.25, 0.3) is 5.91 Å². The summed E-state index contributed by atoms with van der Waals surface area (Å²) in [4.78, 5) is 32.8. The van der Waals surface area contributed by atoms with Crippen LogP contribution in [0.5, 0.6) is 5.75 Å². The molecule has 0 saturated heterocycles. The van der Waals surface area contributed by atoms with Gasteiger partial charge in [-0.15, -0.1) is 0 Å². The van der Waals surface area contributed by atoms with Crippen molar-refractivity contribution in [2.45, 2.75) is 83.5 Å². The number of carbonyl (C=O) groups is 2. The van der Waals surface area contributed by atoms with Crippen molar-refractivity contribution in [2.75, 3.05) is 0 Å². The SMILES string of the molecule is CC(C)c1ccc2cc1CN1C(=O)CC(CC/C=C/c3ccc4c(c3)C(CC(C)(C)O4)NC2=O)N=C1N. The number of hydrogen-bond acceptors (Lipinski definition) is 5. The molecule has 194 valence electrons. The summed E-state index contributed by atoms with van der Waals surface area (Å²) in [5, 5.41) is 3.26. The first-order valence-corrected chi connectivity index (χ1v) is 13.2. The van der Waals surface area contributed by atoms with Crippen LogP contribution in [0.15, 0.2) is 47.5 Å². The summed E-state index contributed by atoms with van der Waals surface area (Å²) >= 11 is 0. The molecule has 7 heteroatoms. The number of nitrogens with one attached hydrogen (secondary N) is 1. The zero-order valence-electron chi connectivity index (χ0n) is 22.1. The van der Waals surface area contributed by atoms with Crippen molar-refractivity contribution in [3.63, 3.8) is 0 Å². The maximum atomic E-state index is 13.6. The third-order valence-corrected chi connectivity index (χ3v) is 7.43. The molecule has 3 N–H and O–H groups in total. The standard InChI is InChI=1S/C30H36N4O3/c1-18(2)23-11-10-20-14-21(23)17-34-27(35)15-22(32-29(34)31)8-6-5-7-19-9-12-26-24(13-19)25(33-28(20)36)16-30(3,4)37-26/h5,7,9-14,18,22,25H,6,8,15-17H2,1-4H3,(H2,31,32)(H,33,36)/b7-5+. The van der Waals surface area contributed by atoms with Crippen LogP contribution < -0.4 is 15.8 Å². The number of hydrogen-bond donors (Lipinski definition) is 2. The monoisotopic (exact) mass is 500 g/mol. The normalized spacial score (nSPS) is 24.0. The smallest absolute Gasteiger partial charge is 0.251 e. The molecule has 0 radical (unpaired) electrons. The predicted molar refractivity (Wildman–Crippen MR) is 145 cm³/mol. The van der Waals surface area contributed by atoms with Gasteiger partial charge in [-0.1, -0.05) is 38.1 Å². The quantitative estimate of drug-likeness (QED) is 0.572. The van der Waals surface area contributed by atoms with Crippen LogP contribution in [0.3, 0.4) is 0 Å². The lowest BCUT2D eigenvalue weighted by Crippen LogP contribution is -2.46. The second-order valence-electron chi connectivity index (χ2n) is 11.3. The van der Waals surface area contributed by atoms with Gasteiger partial charge in [0.15, 0.2) is 5.96 Å². The molecule has 6 rings (SSSR count). The van der Waals surface area contributed by atoms with Crippen LogP contribution in [0, 0.1) is 0 Å². The van der Waals surface area contributed by atoms with E-state index in [9.17, 15) is 9.59 Å². The molecular formula is C30H36N4O3. The first-order chi connectivity index (χ1) is 17.6. The number of aliphatic imine (C=N–C) groups is 1. The molecule has 2 unspecified atom stereocenters. The molecule has 4 heterocycles. The van der Waals surface area contributed by atoms with Crippen LogP contribution in [-0.2, 0) is 11.3 Å². The van der Waals surface area contributed by atoms with Crippen LogP contribution in [0.2, 0.25) is 0 Å². The molecule has 2 atom stereocenters. The number of rotatable bonds is 1. The van der Waals surface area contributed by atoms with E-state index in [-0.39, 0.29) is 35.8 Å². The van der Waals surface area contributed by atoms with Gasteiger partial charge in [-0.25, -0.2) is 4.99 Å². The van der Waals surface area contributed by atoms with Gasteiger partial charge in [-0.05, 0) is 73.6 Å². The summed E-state index contributed by atoms with van der Waals surface area (Å²) in [5.41, 5.74) is 10.5. The third kappa shape index (κ3) is 5.26. The summed E-state index contributed by atoms with van der Waals surface area (Å²) in [6, 6.07) is 11.6. The fraction of sp³-hybridized carbons (Fsp3) is 0.433. The van der Waals surface area contributed by atoms with E-state index in [4.69, 9.17) is 10.5 Å². The van der Waals surface area contributed by atoms with Crippen LogP contribution in [-0.4, -0.2) is 34.3 Å². The highest BCUT2D eigenvalue weighted by Gasteiger charge is 2.35. The zero-order valence-corrected chi connectivity index (χ0v) is 22.1. The highest BCUT2D eigenvalue weighted by atomic mass is 16.5. The molecule has 4 aliphatic heterocycles. The Morgan fingerprint density at radius 1 is 1.16 bits per heavy atom. The predicted octanol–water partition coefficient (Wildman–Crippen LogP) is 5.06. The topological polar surface area (TPSA) is 97.0 Å². The van der Waals surface area contributed by atoms with Crippen molar-refractivity contribution in [1.82, 2.24) is 10.2 Å². The van der Waals surface area contributed by atoms with Gasteiger partial charge in [-0.3, -0.25) is 14.5 Å². The molecule has 0 spiro atoms. The minimum Gasteiger partial charge on any atom is -0.487 e. The Kier molecular flexibility index (Phi) is 6.56. The molecule has 7 nitrogen and oxygen atoms in total. The Hall–Kier alpha value is -3.61. The molecule has 6 bridgehead atoms. The van der Waals surface area contributed by atoms with Crippen molar-refractivity contribution in [3.05, 3.63) is 70.3 Å². The van der Waals surface area contributed by atoms with Crippen molar-refractivity contribution in [2.24, 2.45) is 10.7 Å². The molecule has 0 aromatic heterocycles. The Labute approximate surface area is 218 Å². The van der Waals surface area contributed by atoms with Gasteiger partial charge in [0.2, 0.25) is 5.91 Å². The number of guanidine groups is 1. The second kappa shape index (κ2) is 9.69. The Morgan fingerprint density at radius 3 is 2.73 bits per heavy atom. The van der Waals surface area contributed by atoms with E-state index in [0.717, 1.165) is 40.8 Å². The average Bonchev–Trinajstić information content (AvgIpc) is 2.83. The molecule has 37 heavy (non-hydrogen) atoms. The van der Waals surface area contributed by atoms with E-state index in [1.54, 1.807) is 4.90 Å². The lowest BCUT2D eigenvalue weighted by atomic mass is 9.88. The minimum absolute atomic E-state index is 0.0307. The number of carbonyl (C=O) groups excluding carboxylic acids is 2. The number of benzene rings is 2. The number of nitrogens with two attached hydrogens (primary N) is 1. The first-order valence-electron chi connectivity index (χ1n) is 13.2. The van der Waals surface area contributed by atoms with E-state index < -0.39 is 5.60 Å². The van der Waals surface area contributed by atoms with Crippen LogP contribution in [0.25, 0.3) is 6.08 Å². The number of amides is 2. The summed E-state index contributed by atoms with van der Waals surface area (Å²) in [5.74, 6) is 1.10. The summed E-state index contributed by atoms with van der Waals surface area (Å²) < 4.78 is 6.25. The fourth-order valence-corrected chi connectivity index (χ4v) is 5.55. The minimum atomic E-state index is -0.407. The Balaban J connectivity index is 1.58. The van der Waals surface area contributed by atoms with Gasteiger partial charge >= 0.3 is 0 Å². The maximum Gasteiger partial charge on any atom is 0.251 e. The molecule has 2 aromatic carbocycles. The molecule has 2 amide bonds. The van der Waals surface area contributed by atoms with Crippen molar-refractivity contribution in [1.29, 1.82) is 0 Å². The van der Waals surface area contributed by atoms with E-state index >= 15 is 0 Å². The van der Waals surface area contributed by atoms with Crippen molar-refractivity contribution >= 4 is 23.8 Å². The first kappa shape index (κ1) is 25.1. The number of fused-ring (bicyclic) bond motifs is 4. The van der Waals surface area contributed by atoms with Crippen molar-refractivity contribution in [3.8, 4) is 5.75 Å². The molecule has 0 saturated carbocycles. The fourth-order valence-electron chi connectivity index (χ4n) is 5.55. The number of allylic oxidation sites excluding steroid dienone is 1. The summed E-state index contributed by atoms with van der Waals surface area (Å²) in [6.45, 7) is 8.60. The largest absolute Gasteiger partial charge is 0.487 e. The van der Waals surface area contributed by atoms with E-state index in [1.165, 1.54) is 0 Å². The van der Waals surface area contributed by atoms with Gasteiger partial charge < -0.3 is 15.8 Å². The zero-order chi connectivity index (χ0) is 26.3. The lowest BCUT2D eigenvalue weighted by Gasteiger charge is -2.38. The van der Waals surface area contributed by atoms with Crippen LogP contribution in [0.1, 0.15) is 97.9 Å². The molecular weight excluding hydrogens is 464 g/mol. The highest BCUT2D eigenvalue weighted by molar-refractivity contribution is 5.98. The van der Waals surface area contributed by atoms with E-state index in [2.05, 4.69) is 42.4 Å². The van der Waals surface area contributed by atoms with Gasteiger partial charge in [0, 0.05) is 24.0 Å². The molecule has 2 aromatic rings. The highest BCUT2D eigenvalue weighted by Crippen LogP contribution is 2.40. The van der Waals surface area contributed by atoms with Crippen molar-refractivity contribution < 1.29 is 14.3 Å². The van der Waals surface area contributed by atoms with E-state index in [1.807, 2.05) is 44.2 Å². The molecule has 0 aliphatic carbocycles. The van der Waals surface area contributed by atoms with Gasteiger partial charge in [-0.2, -0.15) is 0 Å². The number of nitrogens with zero attached hydrogens (tertiary/aromatic N) is 2. The Bertz CT molecular complexity index is 1290. The van der Waals surface area contributed by atoms with Gasteiger partial charge in [0.1, 0.15) is 11.4 Å². The second-order valence-corrected chi connectivity index (χ2v) is 11.3. The lowest BCUT2D eigenvalue weighted by molar-refractivity contribution is -0.128. The third-order valence-electron chi connectivity index (χ3n) is 7.43. The molecule has 4 aliphatic rings. The number of ether oxygens (including phenoxy) is 1. The van der Waals surface area contributed by atoms with E-state index in [0.29, 0.717) is 24.9 Å². The van der Waals surface area contributed by atoms with Gasteiger partial charge in [0.05, 0.1) is 18.6 Å².